The van der Waals surface area contributed by atoms with Crippen molar-refractivity contribution in [2.24, 2.45) is 0 Å². The van der Waals surface area contributed by atoms with Crippen LogP contribution in [-0.4, -0.2) is 84.4 Å². The van der Waals surface area contributed by atoms with Crippen molar-refractivity contribution in [1.82, 2.24) is 14.8 Å². The number of aromatic nitrogens is 1. The van der Waals surface area contributed by atoms with E-state index in [-0.39, 0.29) is 5.91 Å². The summed E-state index contributed by atoms with van der Waals surface area (Å²) in [6, 6.07) is 7.60. The zero-order valence-electron chi connectivity index (χ0n) is 16.4. The number of H-pyrrole nitrogens is 1. The molecule has 2 saturated heterocycles. The second kappa shape index (κ2) is 8.11. The van der Waals surface area contributed by atoms with Gasteiger partial charge >= 0.3 is 0 Å². The third-order valence-electron chi connectivity index (χ3n) is 5.90. The number of hydrogen-bond acceptors (Lipinski definition) is 5. The number of ether oxygens (including phenoxy) is 2. The molecule has 152 valence electrons. The summed E-state index contributed by atoms with van der Waals surface area (Å²) in [5.41, 5.74) is 0.718. The van der Waals surface area contributed by atoms with E-state index in [4.69, 9.17) is 9.47 Å². The van der Waals surface area contributed by atoms with Crippen molar-refractivity contribution in [3.63, 3.8) is 0 Å². The molecule has 1 atom stereocenters. The van der Waals surface area contributed by atoms with E-state index in [1.807, 2.05) is 29.2 Å². The maximum Gasteiger partial charge on any atom is 0.270 e. The van der Waals surface area contributed by atoms with Crippen molar-refractivity contribution in [1.29, 1.82) is 0 Å². The van der Waals surface area contributed by atoms with Gasteiger partial charge in [-0.2, -0.15) is 0 Å². The van der Waals surface area contributed by atoms with E-state index in [1.54, 1.807) is 7.11 Å². The normalized spacial score (nSPS) is 24.3. The Hall–Kier alpha value is -2.09. The molecule has 0 unspecified atom stereocenters. The van der Waals surface area contributed by atoms with Gasteiger partial charge in [-0.25, -0.2) is 0 Å². The van der Waals surface area contributed by atoms with Gasteiger partial charge in [0.15, 0.2) is 0 Å². The van der Waals surface area contributed by atoms with Crippen molar-refractivity contribution in [3.05, 3.63) is 30.0 Å². The van der Waals surface area contributed by atoms with Crippen molar-refractivity contribution in [3.8, 4) is 5.75 Å². The molecule has 28 heavy (non-hydrogen) atoms. The molecule has 0 spiro atoms. The SMILES string of the molecule is COc1cccc2[nH]c(C(=O)N3CCC[C@@](O)(CN4CCOCC4)CC3)cc12. The average Bonchev–Trinajstić information content (AvgIpc) is 3.06. The van der Waals surface area contributed by atoms with Gasteiger partial charge in [-0.3, -0.25) is 9.69 Å². The summed E-state index contributed by atoms with van der Waals surface area (Å²) >= 11 is 0. The number of carbonyl (C=O) groups is 1. The van der Waals surface area contributed by atoms with E-state index < -0.39 is 5.60 Å². The fourth-order valence-corrected chi connectivity index (χ4v) is 4.31. The Morgan fingerprint density at radius 3 is 2.86 bits per heavy atom. The fraction of sp³-hybridized carbons (Fsp3) is 0.571. The van der Waals surface area contributed by atoms with Gasteiger partial charge in [0, 0.05) is 43.6 Å². The number of β-amino-alcohol motifs (C(OH)–C–C–N with tert-alkyl or cyclic N) is 1. The molecule has 3 heterocycles. The fourth-order valence-electron chi connectivity index (χ4n) is 4.31. The van der Waals surface area contributed by atoms with E-state index in [9.17, 15) is 9.90 Å². The van der Waals surface area contributed by atoms with E-state index in [0.29, 0.717) is 38.2 Å². The van der Waals surface area contributed by atoms with Crippen LogP contribution in [0.2, 0.25) is 0 Å². The largest absolute Gasteiger partial charge is 0.496 e. The van der Waals surface area contributed by atoms with Crippen molar-refractivity contribution in [2.45, 2.75) is 24.9 Å². The number of aromatic amines is 1. The summed E-state index contributed by atoms with van der Waals surface area (Å²) in [6.45, 7) is 5.06. The number of rotatable bonds is 4. The highest BCUT2D eigenvalue weighted by Gasteiger charge is 2.34. The molecule has 7 nitrogen and oxygen atoms in total. The van der Waals surface area contributed by atoms with Crippen LogP contribution >= 0.6 is 0 Å². The molecule has 2 fully saturated rings. The predicted octanol–water partition coefficient (Wildman–Crippen LogP) is 1.87. The number of likely N-dealkylation sites (tertiary alicyclic amines) is 1. The molecule has 0 aliphatic carbocycles. The Kier molecular flexibility index (Phi) is 5.57. The molecule has 2 aliphatic rings. The number of morpholine rings is 1. The topological polar surface area (TPSA) is 78.0 Å². The Balaban J connectivity index is 1.44. The Morgan fingerprint density at radius 1 is 1.25 bits per heavy atom. The molecule has 1 aromatic heterocycles. The summed E-state index contributed by atoms with van der Waals surface area (Å²) in [4.78, 5) is 20.4. The monoisotopic (exact) mass is 387 g/mol. The summed E-state index contributed by atoms with van der Waals surface area (Å²) in [5.74, 6) is 0.734. The lowest BCUT2D eigenvalue weighted by molar-refractivity contribution is -0.0389. The molecule has 1 amide bonds. The first-order chi connectivity index (χ1) is 13.6. The third kappa shape index (κ3) is 4.01. The number of nitrogens with zero attached hydrogens (tertiary/aromatic N) is 2. The highest BCUT2D eigenvalue weighted by Crippen LogP contribution is 2.28. The van der Waals surface area contributed by atoms with E-state index >= 15 is 0 Å². The molecule has 1 aromatic carbocycles. The van der Waals surface area contributed by atoms with E-state index in [2.05, 4.69) is 9.88 Å². The van der Waals surface area contributed by atoms with Crippen LogP contribution in [-0.2, 0) is 4.74 Å². The number of nitrogens with one attached hydrogen (secondary N) is 1. The smallest absolute Gasteiger partial charge is 0.270 e. The standard InChI is InChI=1S/C21H29N3O4/c1-27-19-5-2-4-17-16(19)14-18(22-17)20(25)24-8-3-6-21(26,7-9-24)15-23-10-12-28-13-11-23/h2,4-5,14,22,26H,3,6-13,15H2,1H3/t21-/m0/s1. The van der Waals surface area contributed by atoms with Crippen LogP contribution in [0.4, 0.5) is 0 Å². The zero-order chi connectivity index (χ0) is 19.6. The van der Waals surface area contributed by atoms with Crippen LogP contribution in [0.25, 0.3) is 10.9 Å². The predicted molar refractivity (Wildman–Crippen MR) is 107 cm³/mol. The number of hydrogen-bond donors (Lipinski definition) is 2. The molecule has 0 radical (unpaired) electrons. The Morgan fingerprint density at radius 2 is 2.07 bits per heavy atom. The van der Waals surface area contributed by atoms with Crippen molar-refractivity contribution in [2.75, 3.05) is 53.0 Å². The maximum atomic E-state index is 13.1. The van der Waals surface area contributed by atoms with Crippen molar-refractivity contribution < 1.29 is 19.4 Å². The summed E-state index contributed by atoms with van der Waals surface area (Å²) in [7, 11) is 1.63. The highest BCUT2D eigenvalue weighted by atomic mass is 16.5. The summed E-state index contributed by atoms with van der Waals surface area (Å²) in [5, 5.41) is 12.0. The first kappa shape index (κ1) is 19.2. The quantitative estimate of drug-likeness (QED) is 0.837. The van der Waals surface area contributed by atoms with Crippen LogP contribution in [0.15, 0.2) is 24.3 Å². The van der Waals surface area contributed by atoms with Gasteiger partial charge in [0.1, 0.15) is 11.4 Å². The maximum absolute atomic E-state index is 13.1. The van der Waals surface area contributed by atoms with Crippen LogP contribution in [0, 0.1) is 0 Å². The summed E-state index contributed by atoms with van der Waals surface area (Å²) < 4.78 is 10.8. The van der Waals surface area contributed by atoms with Crippen LogP contribution < -0.4 is 4.74 Å². The number of amides is 1. The Labute approximate surface area is 165 Å². The number of fused-ring (bicyclic) bond motifs is 1. The second-order valence-electron chi connectivity index (χ2n) is 7.86. The first-order valence-electron chi connectivity index (χ1n) is 10.1. The molecule has 2 aromatic rings. The molecular weight excluding hydrogens is 358 g/mol. The minimum absolute atomic E-state index is 0.0196. The van der Waals surface area contributed by atoms with Gasteiger partial charge in [0.2, 0.25) is 0 Å². The molecule has 2 N–H and O–H groups in total. The van der Waals surface area contributed by atoms with Crippen molar-refractivity contribution >= 4 is 16.8 Å². The lowest BCUT2D eigenvalue weighted by Crippen LogP contribution is -2.48. The number of aliphatic hydroxyl groups is 1. The van der Waals surface area contributed by atoms with Gasteiger partial charge < -0.3 is 24.5 Å². The highest BCUT2D eigenvalue weighted by molar-refractivity contribution is 5.99. The zero-order valence-corrected chi connectivity index (χ0v) is 16.4. The molecule has 2 aliphatic heterocycles. The van der Waals surface area contributed by atoms with Crippen LogP contribution in [0.5, 0.6) is 5.75 Å². The molecule has 7 heteroatoms. The first-order valence-corrected chi connectivity index (χ1v) is 10.1. The minimum atomic E-state index is -0.740. The number of methoxy groups -OCH3 is 1. The average molecular weight is 387 g/mol. The number of carbonyl (C=O) groups excluding carboxylic acids is 1. The Bertz CT molecular complexity index is 830. The van der Waals surface area contributed by atoms with Gasteiger partial charge in [-0.1, -0.05) is 6.07 Å². The van der Waals surface area contributed by atoms with Gasteiger partial charge in [0.25, 0.3) is 5.91 Å². The van der Waals surface area contributed by atoms with Gasteiger partial charge in [0.05, 0.1) is 25.9 Å². The molecule has 0 saturated carbocycles. The molecule has 0 bridgehead atoms. The van der Waals surface area contributed by atoms with Crippen LogP contribution in [0.3, 0.4) is 0 Å². The van der Waals surface area contributed by atoms with Crippen LogP contribution in [0.1, 0.15) is 29.8 Å². The third-order valence-corrected chi connectivity index (χ3v) is 5.90. The van der Waals surface area contributed by atoms with E-state index in [0.717, 1.165) is 49.4 Å². The lowest BCUT2D eigenvalue weighted by atomic mass is 9.94. The van der Waals surface area contributed by atoms with E-state index in [1.165, 1.54) is 0 Å². The molecular formula is C21H29N3O4. The van der Waals surface area contributed by atoms with Gasteiger partial charge in [-0.15, -0.1) is 0 Å². The number of benzene rings is 1. The lowest BCUT2D eigenvalue weighted by Gasteiger charge is -2.35. The minimum Gasteiger partial charge on any atom is -0.496 e. The molecule has 4 rings (SSSR count). The van der Waals surface area contributed by atoms with Gasteiger partial charge in [-0.05, 0) is 37.5 Å². The second-order valence-corrected chi connectivity index (χ2v) is 7.86. The summed E-state index contributed by atoms with van der Waals surface area (Å²) in [6.07, 6.45) is 2.12.